The van der Waals surface area contributed by atoms with E-state index in [2.05, 4.69) is 6.92 Å². The fourth-order valence-electron chi connectivity index (χ4n) is 4.96. The summed E-state index contributed by atoms with van der Waals surface area (Å²) in [4.78, 5) is 0. The lowest BCUT2D eigenvalue weighted by atomic mass is 9.66. The van der Waals surface area contributed by atoms with Crippen LogP contribution < -0.4 is 0 Å². The number of halogens is 3. The smallest absolute Gasteiger partial charge is 0.157 e. The molecule has 0 aromatic heterocycles. The quantitative estimate of drug-likeness (QED) is 0.736. The molecule has 0 saturated heterocycles. The van der Waals surface area contributed by atoms with Crippen LogP contribution in [0, 0.1) is 23.7 Å². The molecule has 0 bridgehead atoms. The number of hydrogen-bond donors (Lipinski definition) is 0. The number of hydrogen-bond acceptors (Lipinski definition) is 2. The third-order valence-electron chi connectivity index (χ3n) is 6.64. The maximum atomic E-state index is 14.6. The van der Waals surface area contributed by atoms with Gasteiger partial charge in [-0.25, -0.2) is 13.2 Å². The van der Waals surface area contributed by atoms with Crippen LogP contribution in [0.15, 0.2) is 0 Å². The largest absolute Gasteiger partial charge is 0.378 e. The van der Waals surface area contributed by atoms with E-state index in [1.165, 1.54) is 20.0 Å². The average Bonchev–Trinajstić information content (AvgIpc) is 2.58. The van der Waals surface area contributed by atoms with E-state index in [4.69, 9.17) is 9.47 Å². The highest BCUT2D eigenvalue weighted by Gasteiger charge is 2.53. The average molecular weight is 348 g/mol. The third-order valence-corrected chi connectivity index (χ3v) is 6.64. The SMILES string of the molecule is COC1CCC2CC(OCC3CCC(C)CC3)C(F)C(F)C2C1F. The molecule has 7 unspecified atom stereocenters. The highest BCUT2D eigenvalue weighted by atomic mass is 19.2. The zero-order chi connectivity index (χ0) is 17.3. The van der Waals surface area contributed by atoms with E-state index in [1.807, 2.05) is 0 Å². The van der Waals surface area contributed by atoms with Crippen molar-refractivity contribution in [3.8, 4) is 0 Å². The number of alkyl halides is 3. The standard InChI is InChI=1S/C19H31F3O2/c1-11-3-5-12(6-4-11)10-24-15-9-13-7-8-14(23-2)17(20)16(13)19(22)18(15)21/h11-19H,3-10H2,1-2H3. The molecule has 0 aromatic carbocycles. The van der Waals surface area contributed by atoms with Crippen LogP contribution >= 0.6 is 0 Å². The zero-order valence-electron chi connectivity index (χ0n) is 14.8. The summed E-state index contributed by atoms with van der Waals surface area (Å²) in [5.41, 5.74) is 0. The Labute approximate surface area is 143 Å². The number of rotatable bonds is 4. The van der Waals surface area contributed by atoms with Crippen molar-refractivity contribution in [2.75, 3.05) is 13.7 Å². The molecular formula is C19H31F3O2. The summed E-state index contributed by atoms with van der Waals surface area (Å²) in [6.07, 6.45) is 0.0747. The van der Waals surface area contributed by atoms with E-state index < -0.39 is 36.6 Å². The van der Waals surface area contributed by atoms with Crippen molar-refractivity contribution in [2.45, 2.75) is 82.6 Å². The first-order valence-corrected chi connectivity index (χ1v) is 9.57. The van der Waals surface area contributed by atoms with Crippen molar-refractivity contribution >= 4 is 0 Å². The Morgan fingerprint density at radius 3 is 2.21 bits per heavy atom. The fourth-order valence-corrected chi connectivity index (χ4v) is 4.96. The predicted molar refractivity (Wildman–Crippen MR) is 87.2 cm³/mol. The number of methoxy groups -OCH3 is 1. The van der Waals surface area contributed by atoms with Gasteiger partial charge in [0.2, 0.25) is 0 Å². The third kappa shape index (κ3) is 3.77. The summed E-state index contributed by atoms with van der Waals surface area (Å²) in [6.45, 7) is 2.77. The van der Waals surface area contributed by atoms with Gasteiger partial charge in [0.1, 0.15) is 12.3 Å². The summed E-state index contributed by atoms with van der Waals surface area (Å²) in [5, 5.41) is 0. The summed E-state index contributed by atoms with van der Waals surface area (Å²) in [5.74, 6) is 0.208. The van der Waals surface area contributed by atoms with Crippen LogP contribution in [0.2, 0.25) is 0 Å². The molecule has 24 heavy (non-hydrogen) atoms. The lowest BCUT2D eigenvalue weighted by Gasteiger charge is -2.46. The molecule has 0 aromatic rings. The minimum Gasteiger partial charge on any atom is -0.378 e. The molecule has 0 heterocycles. The van der Waals surface area contributed by atoms with E-state index >= 15 is 0 Å². The molecule has 3 aliphatic carbocycles. The Balaban J connectivity index is 1.55. The summed E-state index contributed by atoms with van der Waals surface area (Å²) in [7, 11) is 1.44. The Morgan fingerprint density at radius 1 is 0.833 bits per heavy atom. The van der Waals surface area contributed by atoms with E-state index in [1.54, 1.807) is 0 Å². The summed E-state index contributed by atoms with van der Waals surface area (Å²) in [6, 6.07) is 0. The maximum Gasteiger partial charge on any atom is 0.157 e. The van der Waals surface area contributed by atoms with Crippen molar-refractivity contribution in [1.29, 1.82) is 0 Å². The molecule has 5 heteroatoms. The second-order valence-electron chi connectivity index (χ2n) is 8.26. The second-order valence-corrected chi connectivity index (χ2v) is 8.26. The zero-order valence-corrected chi connectivity index (χ0v) is 14.8. The van der Waals surface area contributed by atoms with Crippen LogP contribution in [0.3, 0.4) is 0 Å². The molecule has 0 radical (unpaired) electrons. The van der Waals surface area contributed by atoms with Crippen molar-refractivity contribution < 1.29 is 22.6 Å². The van der Waals surface area contributed by atoms with Crippen LogP contribution in [0.25, 0.3) is 0 Å². The van der Waals surface area contributed by atoms with Crippen molar-refractivity contribution in [2.24, 2.45) is 23.7 Å². The monoisotopic (exact) mass is 348 g/mol. The van der Waals surface area contributed by atoms with Gasteiger partial charge in [-0.15, -0.1) is 0 Å². The Bertz CT molecular complexity index is 398. The minimum atomic E-state index is -1.78. The van der Waals surface area contributed by atoms with Gasteiger partial charge in [-0.3, -0.25) is 0 Å². The molecule has 0 N–H and O–H groups in total. The van der Waals surface area contributed by atoms with E-state index in [9.17, 15) is 13.2 Å². The lowest BCUT2D eigenvalue weighted by Crippen LogP contribution is -2.55. The van der Waals surface area contributed by atoms with Crippen molar-refractivity contribution in [1.82, 2.24) is 0 Å². The molecule has 3 aliphatic rings. The first-order valence-electron chi connectivity index (χ1n) is 9.57. The predicted octanol–water partition coefficient (Wildman–Crippen LogP) is 4.66. The van der Waals surface area contributed by atoms with Gasteiger partial charge < -0.3 is 9.47 Å². The van der Waals surface area contributed by atoms with Crippen molar-refractivity contribution in [3.05, 3.63) is 0 Å². The van der Waals surface area contributed by atoms with Gasteiger partial charge in [0.05, 0.1) is 12.2 Å². The highest BCUT2D eigenvalue weighted by molar-refractivity contribution is 5.01. The van der Waals surface area contributed by atoms with Crippen LogP contribution in [-0.2, 0) is 9.47 Å². The van der Waals surface area contributed by atoms with E-state index in [0.29, 0.717) is 31.8 Å². The number of fused-ring (bicyclic) bond motifs is 1. The van der Waals surface area contributed by atoms with Crippen LogP contribution in [0.4, 0.5) is 13.2 Å². The second kappa shape index (κ2) is 7.94. The molecule has 3 rings (SSSR count). The Morgan fingerprint density at radius 2 is 1.54 bits per heavy atom. The van der Waals surface area contributed by atoms with Crippen LogP contribution in [0.1, 0.15) is 51.9 Å². The van der Waals surface area contributed by atoms with Crippen LogP contribution in [-0.4, -0.2) is 44.4 Å². The highest BCUT2D eigenvalue weighted by Crippen LogP contribution is 2.46. The van der Waals surface area contributed by atoms with E-state index in [-0.39, 0.29) is 5.92 Å². The summed E-state index contributed by atoms with van der Waals surface area (Å²) < 4.78 is 54.5. The van der Waals surface area contributed by atoms with Gasteiger partial charge >= 0.3 is 0 Å². The molecule has 0 spiro atoms. The normalized spacial score (nSPS) is 49.6. The molecule has 3 saturated carbocycles. The first-order chi connectivity index (χ1) is 11.5. The molecule has 7 atom stereocenters. The number of ether oxygens (including phenoxy) is 2. The molecule has 0 amide bonds. The Kier molecular flexibility index (Phi) is 6.12. The molecule has 3 fully saturated rings. The summed E-state index contributed by atoms with van der Waals surface area (Å²) >= 11 is 0. The molecule has 0 aliphatic heterocycles. The van der Waals surface area contributed by atoms with Gasteiger partial charge in [-0.05, 0) is 49.9 Å². The molecule has 2 nitrogen and oxygen atoms in total. The van der Waals surface area contributed by atoms with Gasteiger partial charge in [0.15, 0.2) is 6.17 Å². The van der Waals surface area contributed by atoms with Gasteiger partial charge in [0.25, 0.3) is 0 Å². The maximum absolute atomic E-state index is 14.6. The first kappa shape index (κ1) is 18.5. The lowest BCUT2D eigenvalue weighted by molar-refractivity contribution is -0.150. The van der Waals surface area contributed by atoms with Crippen molar-refractivity contribution in [3.63, 3.8) is 0 Å². The minimum absolute atomic E-state index is 0.134. The van der Waals surface area contributed by atoms with Crippen LogP contribution in [0.5, 0.6) is 0 Å². The topological polar surface area (TPSA) is 18.5 Å². The van der Waals surface area contributed by atoms with Gasteiger partial charge in [-0.1, -0.05) is 19.8 Å². The fraction of sp³-hybridized carbons (Fsp3) is 1.00. The Hall–Kier alpha value is -0.290. The molecule has 140 valence electrons. The van der Waals surface area contributed by atoms with Gasteiger partial charge in [0, 0.05) is 19.6 Å². The van der Waals surface area contributed by atoms with Gasteiger partial charge in [-0.2, -0.15) is 0 Å². The molecular weight excluding hydrogens is 317 g/mol. The van der Waals surface area contributed by atoms with E-state index in [0.717, 1.165) is 18.8 Å².